The van der Waals surface area contributed by atoms with Crippen LogP contribution in [0.3, 0.4) is 0 Å². The molecule has 0 amide bonds. The van der Waals surface area contributed by atoms with Crippen molar-refractivity contribution < 1.29 is 28.6 Å². The first-order chi connectivity index (χ1) is 27.0. The fourth-order valence-electron chi connectivity index (χ4n) is 5.57. The number of hydrogen-bond donors (Lipinski definition) is 0. The first-order valence-corrected chi connectivity index (χ1v) is 22.2. The highest BCUT2D eigenvalue weighted by Gasteiger charge is 2.19. The topological polar surface area (TPSA) is 78.9 Å². The van der Waals surface area contributed by atoms with E-state index in [1.165, 1.54) is 51.4 Å². The van der Waals surface area contributed by atoms with E-state index in [9.17, 15) is 14.4 Å². The van der Waals surface area contributed by atoms with E-state index >= 15 is 0 Å². The summed E-state index contributed by atoms with van der Waals surface area (Å²) in [6.45, 7) is 6.31. The summed E-state index contributed by atoms with van der Waals surface area (Å²) in [6.07, 6.45) is 54.2. The molecule has 0 aromatic rings. The van der Waals surface area contributed by atoms with Gasteiger partial charge in [-0.25, -0.2) is 0 Å². The maximum absolute atomic E-state index is 12.7. The highest BCUT2D eigenvalue weighted by molar-refractivity contribution is 5.71. The minimum Gasteiger partial charge on any atom is -0.462 e. The van der Waals surface area contributed by atoms with E-state index in [-0.39, 0.29) is 37.5 Å². The lowest BCUT2D eigenvalue weighted by atomic mass is 10.1. The third-order valence-electron chi connectivity index (χ3n) is 8.97. The van der Waals surface area contributed by atoms with Crippen molar-refractivity contribution in [3.05, 3.63) is 85.1 Å². The van der Waals surface area contributed by atoms with Crippen molar-refractivity contribution in [2.45, 2.75) is 194 Å². The summed E-state index contributed by atoms with van der Waals surface area (Å²) >= 11 is 0. The van der Waals surface area contributed by atoms with E-state index in [1.807, 2.05) is 0 Å². The second kappa shape index (κ2) is 43.3. The lowest BCUT2D eigenvalue weighted by Crippen LogP contribution is -2.30. The normalized spacial score (nSPS) is 12.9. The van der Waals surface area contributed by atoms with Crippen LogP contribution in [0.4, 0.5) is 0 Å². The molecule has 0 aromatic heterocycles. The second-order valence-electron chi connectivity index (χ2n) is 14.3. The third-order valence-corrected chi connectivity index (χ3v) is 8.97. The molecular weight excluding hydrogens is 685 g/mol. The number of carbonyl (C=O) groups is 3. The number of ether oxygens (including phenoxy) is 3. The Balaban J connectivity index is 4.47. The van der Waals surface area contributed by atoms with Gasteiger partial charge in [0.05, 0.1) is 0 Å². The van der Waals surface area contributed by atoms with Gasteiger partial charge in [-0.3, -0.25) is 14.4 Å². The summed E-state index contributed by atoms with van der Waals surface area (Å²) < 4.78 is 16.6. The largest absolute Gasteiger partial charge is 0.462 e. The van der Waals surface area contributed by atoms with Crippen LogP contribution in [0.5, 0.6) is 0 Å². The molecule has 0 saturated carbocycles. The number of hydrogen-bond acceptors (Lipinski definition) is 6. The predicted molar refractivity (Wildman–Crippen MR) is 233 cm³/mol. The fourth-order valence-corrected chi connectivity index (χ4v) is 5.57. The second-order valence-corrected chi connectivity index (χ2v) is 14.3. The number of rotatable bonds is 38. The maximum atomic E-state index is 12.7. The molecule has 1 atom stereocenters. The monoisotopic (exact) mass is 765 g/mol. The van der Waals surface area contributed by atoms with Gasteiger partial charge in [-0.05, 0) is 77.0 Å². The zero-order valence-corrected chi connectivity index (χ0v) is 35.4. The molecule has 0 rings (SSSR count). The van der Waals surface area contributed by atoms with E-state index in [2.05, 4.69) is 106 Å². The SMILES string of the molecule is CC\C=C/C=C\C=C/CCCCCCCCCC(=O)OCC(COC(=O)CCCCC/C=C\C=C/CCCC)OC(=O)CCCCC/C=C\C=C/CCCC. The van der Waals surface area contributed by atoms with Gasteiger partial charge in [0.15, 0.2) is 6.10 Å². The molecule has 1 unspecified atom stereocenters. The van der Waals surface area contributed by atoms with Crippen molar-refractivity contribution in [1.29, 1.82) is 0 Å². The van der Waals surface area contributed by atoms with E-state index in [4.69, 9.17) is 14.2 Å². The molecule has 6 nitrogen and oxygen atoms in total. The minimum atomic E-state index is -0.804. The summed E-state index contributed by atoms with van der Waals surface area (Å²) in [5.41, 5.74) is 0. The average molecular weight is 765 g/mol. The molecule has 0 fully saturated rings. The first-order valence-electron chi connectivity index (χ1n) is 22.2. The minimum absolute atomic E-state index is 0.104. The molecular formula is C49H80O6. The van der Waals surface area contributed by atoms with Crippen LogP contribution in [0.1, 0.15) is 188 Å². The predicted octanol–water partition coefficient (Wildman–Crippen LogP) is 14.1. The Bertz CT molecular complexity index is 1110. The highest BCUT2D eigenvalue weighted by atomic mass is 16.6. The fraction of sp³-hybridized carbons (Fsp3) is 0.653. The summed E-state index contributed by atoms with van der Waals surface area (Å²) in [5.74, 6) is -0.983. The van der Waals surface area contributed by atoms with Crippen LogP contribution in [0.2, 0.25) is 0 Å². The van der Waals surface area contributed by atoms with Crippen molar-refractivity contribution in [2.75, 3.05) is 13.2 Å². The molecule has 0 spiro atoms. The van der Waals surface area contributed by atoms with Crippen LogP contribution in [0.15, 0.2) is 85.1 Å². The third kappa shape index (κ3) is 41.6. The van der Waals surface area contributed by atoms with Crippen LogP contribution >= 0.6 is 0 Å². The zero-order chi connectivity index (χ0) is 40.1. The molecule has 0 aromatic carbocycles. The zero-order valence-electron chi connectivity index (χ0n) is 35.4. The Morgan fingerprint density at radius 3 is 1.13 bits per heavy atom. The highest BCUT2D eigenvalue weighted by Crippen LogP contribution is 2.12. The summed E-state index contributed by atoms with van der Waals surface area (Å²) in [7, 11) is 0. The standard InChI is InChI=1S/C49H80O6/c1-4-7-10-13-16-19-22-23-24-25-28-30-33-36-39-42-48(51)54-45-46(55-49(52)43-40-37-34-31-27-21-18-15-12-9-6-3)44-53-47(50)41-38-35-32-29-26-20-17-14-11-8-5-2/h7,10,13-22,26-27,46H,4-6,8-9,11-12,23-25,28-45H2,1-3H3/b10-7-,16-13-,17-14-,18-15-,22-19-,26-20-,27-21-. The molecule has 0 radical (unpaired) electrons. The average Bonchev–Trinajstić information content (AvgIpc) is 3.18. The first kappa shape index (κ1) is 51.6. The summed E-state index contributed by atoms with van der Waals surface area (Å²) in [6, 6.07) is 0. The van der Waals surface area contributed by atoms with Gasteiger partial charge >= 0.3 is 17.9 Å². The lowest BCUT2D eigenvalue weighted by molar-refractivity contribution is -0.167. The van der Waals surface area contributed by atoms with Gasteiger partial charge in [-0.1, -0.05) is 176 Å². The van der Waals surface area contributed by atoms with Gasteiger partial charge in [0.2, 0.25) is 0 Å². The van der Waals surface area contributed by atoms with Crippen LogP contribution in [0, 0.1) is 0 Å². The Kier molecular flexibility index (Phi) is 40.6. The smallest absolute Gasteiger partial charge is 0.306 e. The van der Waals surface area contributed by atoms with Gasteiger partial charge in [0, 0.05) is 19.3 Å². The Morgan fingerprint density at radius 1 is 0.382 bits per heavy atom. The summed E-state index contributed by atoms with van der Waals surface area (Å²) in [5, 5.41) is 0. The molecule has 0 aliphatic heterocycles. The van der Waals surface area contributed by atoms with Crippen molar-refractivity contribution in [3.63, 3.8) is 0 Å². The number of allylic oxidation sites excluding steroid dienone is 14. The Hall–Kier alpha value is -3.41. The van der Waals surface area contributed by atoms with Gasteiger partial charge in [-0.15, -0.1) is 0 Å². The maximum Gasteiger partial charge on any atom is 0.306 e. The van der Waals surface area contributed by atoms with E-state index in [1.54, 1.807) is 0 Å². The quantitative estimate of drug-likeness (QED) is 0.0270. The lowest BCUT2D eigenvalue weighted by Gasteiger charge is -2.18. The van der Waals surface area contributed by atoms with Gasteiger partial charge < -0.3 is 14.2 Å². The van der Waals surface area contributed by atoms with E-state index in [0.717, 1.165) is 96.3 Å². The van der Waals surface area contributed by atoms with Crippen LogP contribution in [-0.2, 0) is 28.6 Å². The molecule has 0 bridgehead atoms. The van der Waals surface area contributed by atoms with Crippen LogP contribution in [-0.4, -0.2) is 37.2 Å². The molecule has 0 saturated heterocycles. The molecule has 0 aliphatic carbocycles. The molecule has 55 heavy (non-hydrogen) atoms. The van der Waals surface area contributed by atoms with E-state index in [0.29, 0.717) is 12.8 Å². The van der Waals surface area contributed by atoms with Crippen molar-refractivity contribution in [1.82, 2.24) is 0 Å². The van der Waals surface area contributed by atoms with Gasteiger partial charge in [-0.2, -0.15) is 0 Å². The van der Waals surface area contributed by atoms with Crippen molar-refractivity contribution in [3.8, 4) is 0 Å². The Labute approximate surface area is 337 Å². The van der Waals surface area contributed by atoms with Crippen molar-refractivity contribution >= 4 is 17.9 Å². The van der Waals surface area contributed by atoms with Crippen LogP contribution in [0.25, 0.3) is 0 Å². The number of esters is 3. The molecule has 0 aliphatic rings. The number of carbonyl (C=O) groups excluding carboxylic acids is 3. The van der Waals surface area contributed by atoms with Gasteiger partial charge in [0.1, 0.15) is 13.2 Å². The molecule has 0 heterocycles. The summed E-state index contributed by atoms with van der Waals surface area (Å²) in [4.78, 5) is 37.7. The van der Waals surface area contributed by atoms with Gasteiger partial charge in [0.25, 0.3) is 0 Å². The van der Waals surface area contributed by atoms with Crippen LogP contribution < -0.4 is 0 Å². The Morgan fingerprint density at radius 2 is 0.709 bits per heavy atom. The molecule has 0 N–H and O–H groups in total. The number of unbranched alkanes of at least 4 members (excludes halogenated alkanes) is 17. The van der Waals surface area contributed by atoms with Crippen molar-refractivity contribution in [2.24, 2.45) is 0 Å². The molecule has 6 heteroatoms. The van der Waals surface area contributed by atoms with E-state index < -0.39 is 6.10 Å². The molecule has 312 valence electrons.